The normalized spacial score (nSPS) is 13.8. The lowest BCUT2D eigenvalue weighted by Gasteiger charge is -2.26. The summed E-state index contributed by atoms with van der Waals surface area (Å²) < 4.78 is 0.994. The van der Waals surface area contributed by atoms with Crippen molar-refractivity contribution < 1.29 is 4.92 Å². The van der Waals surface area contributed by atoms with E-state index in [1.54, 1.807) is 18.3 Å². The number of piperidine rings is 1. The first kappa shape index (κ1) is 21.6. The van der Waals surface area contributed by atoms with Crippen LogP contribution in [0.1, 0.15) is 24.8 Å². The van der Waals surface area contributed by atoms with E-state index < -0.39 is 4.92 Å². The minimum atomic E-state index is -0.438. The molecule has 0 atom stereocenters. The summed E-state index contributed by atoms with van der Waals surface area (Å²) in [5.41, 5.74) is 4.46. The molecule has 0 unspecified atom stereocenters. The third-order valence-corrected chi connectivity index (χ3v) is 5.37. The molecule has 0 spiro atoms. The van der Waals surface area contributed by atoms with Crippen LogP contribution < -0.4 is 15.6 Å². The van der Waals surface area contributed by atoms with E-state index in [-0.39, 0.29) is 5.69 Å². The molecule has 32 heavy (non-hydrogen) atoms. The van der Waals surface area contributed by atoms with Gasteiger partial charge in [-0.25, -0.2) is 5.43 Å². The topological polar surface area (TPSA) is 121 Å². The van der Waals surface area contributed by atoms with Gasteiger partial charge in [0.25, 0.3) is 5.69 Å². The van der Waals surface area contributed by atoms with Gasteiger partial charge in [0.15, 0.2) is 0 Å². The Morgan fingerprint density at radius 2 is 1.66 bits per heavy atom. The van der Waals surface area contributed by atoms with Crippen LogP contribution in [-0.2, 0) is 0 Å². The lowest BCUT2D eigenvalue weighted by Crippen LogP contribution is -2.31. The molecule has 1 aliphatic rings. The Morgan fingerprint density at radius 1 is 0.969 bits per heavy atom. The molecule has 1 fully saturated rings. The molecule has 1 saturated heterocycles. The highest BCUT2D eigenvalue weighted by molar-refractivity contribution is 9.10. The molecule has 2 N–H and O–H groups in total. The van der Waals surface area contributed by atoms with Crippen molar-refractivity contribution in [2.75, 3.05) is 28.7 Å². The molecule has 2 heterocycles. The summed E-state index contributed by atoms with van der Waals surface area (Å²) in [5, 5.41) is 18.2. The van der Waals surface area contributed by atoms with Crippen LogP contribution in [0.5, 0.6) is 0 Å². The maximum atomic E-state index is 10.9. The van der Waals surface area contributed by atoms with Gasteiger partial charge in [0.05, 0.1) is 11.1 Å². The number of aromatic nitrogens is 3. The van der Waals surface area contributed by atoms with E-state index in [4.69, 9.17) is 0 Å². The molecule has 0 radical (unpaired) electrons. The fraction of sp³-hybridized carbons (Fsp3) is 0.238. The highest BCUT2D eigenvalue weighted by atomic mass is 79.9. The van der Waals surface area contributed by atoms with Gasteiger partial charge in [0.2, 0.25) is 17.8 Å². The highest BCUT2D eigenvalue weighted by Crippen LogP contribution is 2.22. The Kier molecular flexibility index (Phi) is 6.85. The minimum absolute atomic E-state index is 0.0184. The molecule has 0 amide bonds. The second kappa shape index (κ2) is 10.1. The Labute approximate surface area is 193 Å². The number of nitro benzene ring substituents is 1. The SMILES string of the molecule is O=[N+]([O-])c1ccc(Nc2nc(NN=Cc3ccc(Br)cc3)nc(N3CCCCC3)n2)cc1. The molecular weight excluding hydrogens is 476 g/mol. The van der Waals surface area contributed by atoms with E-state index in [1.807, 2.05) is 24.3 Å². The van der Waals surface area contributed by atoms with Gasteiger partial charge in [-0.3, -0.25) is 10.1 Å². The van der Waals surface area contributed by atoms with Gasteiger partial charge < -0.3 is 10.2 Å². The monoisotopic (exact) mass is 496 g/mol. The first-order valence-corrected chi connectivity index (χ1v) is 10.9. The van der Waals surface area contributed by atoms with E-state index in [1.165, 1.54) is 18.6 Å². The summed E-state index contributed by atoms with van der Waals surface area (Å²) >= 11 is 3.41. The van der Waals surface area contributed by atoms with Crippen molar-refractivity contribution in [3.05, 3.63) is 68.7 Å². The molecule has 2 aromatic carbocycles. The number of benzene rings is 2. The summed E-state index contributed by atoms with van der Waals surface area (Å²) in [7, 11) is 0. The van der Waals surface area contributed by atoms with Crippen LogP contribution in [0.25, 0.3) is 0 Å². The van der Waals surface area contributed by atoms with Crippen LogP contribution in [-0.4, -0.2) is 39.2 Å². The van der Waals surface area contributed by atoms with Crippen LogP contribution in [0, 0.1) is 10.1 Å². The minimum Gasteiger partial charge on any atom is -0.341 e. The summed E-state index contributed by atoms with van der Waals surface area (Å²) in [6.07, 6.45) is 5.04. The number of hydrazone groups is 1. The first-order valence-electron chi connectivity index (χ1n) is 10.1. The molecule has 0 saturated carbocycles. The highest BCUT2D eigenvalue weighted by Gasteiger charge is 2.16. The van der Waals surface area contributed by atoms with E-state index in [9.17, 15) is 10.1 Å². The zero-order chi connectivity index (χ0) is 22.3. The number of rotatable bonds is 7. The average molecular weight is 497 g/mol. The summed E-state index contributed by atoms with van der Waals surface area (Å²) in [6, 6.07) is 13.8. The molecule has 0 aliphatic carbocycles. The van der Waals surface area contributed by atoms with Crippen molar-refractivity contribution >= 4 is 51.4 Å². The Bertz CT molecular complexity index is 1100. The molecule has 4 rings (SSSR count). The predicted molar refractivity (Wildman–Crippen MR) is 128 cm³/mol. The molecule has 10 nitrogen and oxygen atoms in total. The van der Waals surface area contributed by atoms with Crippen LogP contribution >= 0.6 is 15.9 Å². The lowest BCUT2D eigenvalue weighted by molar-refractivity contribution is -0.384. The maximum Gasteiger partial charge on any atom is 0.269 e. The first-order chi connectivity index (χ1) is 15.6. The van der Waals surface area contributed by atoms with Crippen LogP contribution in [0.15, 0.2) is 58.1 Å². The number of nitrogens with zero attached hydrogens (tertiary/aromatic N) is 6. The molecular formula is C21H21BrN8O2. The molecule has 11 heteroatoms. The number of nitro groups is 1. The Morgan fingerprint density at radius 3 is 2.34 bits per heavy atom. The molecule has 164 valence electrons. The Hall–Kier alpha value is -3.60. The summed E-state index contributed by atoms with van der Waals surface area (Å²) in [4.78, 5) is 26.0. The summed E-state index contributed by atoms with van der Waals surface area (Å²) in [5.74, 6) is 1.19. The van der Waals surface area contributed by atoms with Gasteiger partial charge >= 0.3 is 0 Å². The van der Waals surface area contributed by atoms with Gasteiger partial charge in [0, 0.05) is 35.4 Å². The number of hydrogen-bond acceptors (Lipinski definition) is 9. The summed E-state index contributed by atoms with van der Waals surface area (Å²) in [6.45, 7) is 1.76. The fourth-order valence-electron chi connectivity index (χ4n) is 3.21. The Balaban J connectivity index is 1.55. The van der Waals surface area contributed by atoms with Gasteiger partial charge in [-0.1, -0.05) is 28.1 Å². The van der Waals surface area contributed by atoms with Gasteiger partial charge in [-0.05, 0) is 49.1 Å². The lowest BCUT2D eigenvalue weighted by atomic mass is 10.1. The van der Waals surface area contributed by atoms with Gasteiger partial charge in [0.1, 0.15) is 0 Å². The number of anilines is 4. The fourth-order valence-corrected chi connectivity index (χ4v) is 3.48. The van der Waals surface area contributed by atoms with Crippen molar-refractivity contribution in [2.24, 2.45) is 5.10 Å². The van der Waals surface area contributed by atoms with Crippen molar-refractivity contribution in [1.29, 1.82) is 0 Å². The van der Waals surface area contributed by atoms with Gasteiger partial charge in [-0.15, -0.1) is 0 Å². The molecule has 0 bridgehead atoms. The smallest absolute Gasteiger partial charge is 0.269 e. The molecule has 1 aliphatic heterocycles. The van der Waals surface area contributed by atoms with E-state index in [0.717, 1.165) is 36.0 Å². The van der Waals surface area contributed by atoms with Crippen molar-refractivity contribution in [3.8, 4) is 0 Å². The maximum absolute atomic E-state index is 10.9. The van der Waals surface area contributed by atoms with Crippen molar-refractivity contribution in [1.82, 2.24) is 15.0 Å². The van der Waals surface area contributed by atoms with Crippen LogP contribution in [0.2, 0.25) is 0 Å². The van der Waals surface area contributed by atoms with Crippen molar-refractivity contribution in [3.63, 3.8) is 0 Å². The number of hydrogen-bond donors (Lipinski definition) is 2. The second-order valence-electron chi connectivity index (χ2n) is 7.18. The average Bonchev–Trinajstić information content (AvgIpc) is 2.81. The van der Waals surface area contributed by atoms with E-state index >= 15 is 0 Å². The molecule has 1 aromatic heterocycles. The molecule has 3 aromatic rings. The largest absolute Gasteiger partial charge is 0.341 e. The second-order valence-corrected chi connectivity index (χ2v) is 8.10. The standard InChI is InChI=1S/C21H21BrN8O2/c22-16-6-4-15(5-7-16)14-23-28-20-25-19(24-17-8-10-18(11-9-17)30(31)32)26-21(27-20)29-12-2-1-3-13-29/h4-11,14H,1-3,12-13H2,(H2,24,25,26,27,28). The van der Waals surface area contributed by atoms with Crippen LogP contribution in [0.3, 0.4) is 0 Å². The third kappa shape index (κ3) is 5.76. The van der Waals surface area contributed by atoms with Crippen LogP contribution in [0.4, 0.5) is 29.2 Å². The zero-order valence-electron chi connectivity index (χ0n) is 17.1. The number of halogens is 1. The van der Waals surface area contributed by atoms with E-state index in [0.29, 0.717) is 23.5 Å². The van der Waals surface area contributed by atoms with Gasteiger partial charge in [-0.2, -0.15) is 20.1 Å². The number of non-ortho nitro benzene ring substituents is 1. The predicted octanol–water partition coefficient (Wildman–Crippen LogP) is 4.72. The number of nitrogens with one attached hydrogen (secondary N) is 2. The van der Waals surface area contributed by atoms with E-state index in [2.05, 4.69) is 51.6 Å². The van der Waals surface area contributed by atoms with Crippen molar-refractivity contribution in [2.45, 2.75) is 19.3 Å². The quantitative estimate of drug-likeness (QED) is 0.273. The third-order valence-electron chi connectivity index (χ3n) is 4.84. The zero-order valence-corrected chi connectivity index (χ0v) is 18.7.